The van der Waals surface area contributed by atoms with E-state index in [-0.39, 0.29) is 13.2 Å². The normalized spacial score (nSPS) is 16.8. The second-order valence-corrected chi connectivity index (χ2v) is 3.88. The summed E-state index contributed by atoms with van der Waals surface area (Å²) in [7, 11) is 0. The number of rotatable bonds is 4. The Morgan fingerprint density at radius 1 is 1.19 bits per heavy atom. The van der Waals surface area contributed by atoms with Gasteiger partial charge in [-0.15, -0.1) is 0 Å². The number of hydrogen-bond acceptors (Lipinski definition) is 4. The zero-order valence-electron chi connectivity index (χ0n) is 9.29. The van der Waals surface area contributed by atoms with Gasteiger partial charge in [-0.05, 0) is 31.8 Å². The smallest absolute Gasteiger partial charge is 0.309 e. The lowest BCUT2D eigenvalue weighted by Gasteiger charge is -2.22. The van der Waals surface area contributed by atoms with E-state index < -0.39 is 11.8 Å². The number of carbonyl (C=O) groups excluding carboxylic acids is 2. The topological polar surface area (TPSA) is 90.5 Å². The fourth-order valence-corrected chi connectivity index (χ4v) is 1.65. The third-order valence-corrected chi connectivity index (χ3v) is 2.61. The first kappa shape index (κ1) is 12.9. The molecule has 6 heteroatoms. The summed E-state index contributed by atoms with van der Waals surface area (Å²) in [5.74, 6) is -0.842. The van der Waals surface area contributed by atoms with Crippen LogP contribution in [0.25, 0.3) is 0 Å². The van der Waals surface area contributed by atoms with Crippen LogP contribution in [0.3, 0.4) is 0 Å². The summed E-state index contributed by atoms with van der Waals surface area (Å²) < 4.78 is 0. The van der Waals surface area contributed by atoms with Gasteiger partial charge in [0, 0.05) is 13.1 Å². The molecule has 2 amide bonds. The number of piperidine rings is 1. The molecule has 6 nitrogen and oxygen atoms in total. The minimum absolute atomic E-state index is 0.111. The van der Waals surface area contributed by atoms with Crippen LogP contribution >= 0.6 is 0 Å². The maximum Gasteiger partial charge on any atom is 0.309 e. The molecule has 0 aromatic rings. The Bertz CT molecular complexity index is 239. The Morgan fingerprint density at radius 2 is 1.81 bits per heavy atom. The molecule has 0 atom stereocenters. The lowest BCUT2D eigenvalue weighted by atomic mass is 9.98. The number of aliphatic hydroxyl groups is 1. The second-order valence-electron chi connectivity index (χ2n) is 3.88. The summed E-state index contributed by atoms with van der Waals surface area (Å²) in [5.41, 5.74) is 0. The van der Waals surface area contributed by atoms with Crippen LogP contribution < -0.4 is 16.0 Å². The Balaban J connectivity index is 2.15. The van der Waals surface area contributed by atoms with Gasteiger partial charge < -0.3 is 21.1 Å². The molecule has 0 aromatic heterocycles. The second kappa shape index (κ2) is 7.19. The van der Waals surface area contributed by atoms with Crippen molar-refractivity contribution in [2.45, 2.75) is 12.8 Å². The van der Waals surface area contributed by atoms with E-state index in [1.807, 2.05) is 0 Å². The monoisotopic (exact) mass is 229 g/mol. The van der Waals surface area contributed by atoms with Crippen molar-refractivity contribution in [2.24, 2.45) is 5.92 Å². The number of nitrogens with one attached hydrogen (secondary N) is 3. The first-order valence-corrected chi connectivity index (χ1v) is 5.61. The predicted molar refractivity (Wildman–Crippen MR) is 58.7 cm³/mol. The highest BCUT2D eigenvalue weighted by atomic mass is 16.3. The predicted octanol–water partition coefficient (Wildman–Crippen LogP) is -1.79. The summed E-state index contributed by atoms with van der Waals surface area (Å²) >= 11 is 0. The molecule has 1 rings (SSSR count). The van der Waals surface area contributed by atoms with Crippen molar-refractivity contribution in [3.8, 4) is 0 Å². The minimum Gasteiger partial charge on any atom is -0.395 e. The van der Waals surface area contributed by atoms with Crippen LogP contribution in [0, 0.1) is 5.92 Å². The molecule has 0 unspecified atom stereocenters. The molecule has 16 heavy (non-hydrogen) atoms. The summed E-state index contributed by atoms with van der Waals surface area (Å²) in [6.45, 7) is 2.44. The summed E-state index contributed by atoms with van der Waals surface area (Å²) in [4.78, 5) is 22.4. The van der Waals surface area contributed by atoms with Gasteiger partial charge in [-0.3, -0.25) is 9.59 Å². The summed E-state index contributed by atoms with van der Waals surface area (Å²) in [5, 5.41) is 16.6. The van der Waals surface area contributed by atoms with E-state index in [1.165, 1.54) is 0 Å². The molecule has 4 N–H and O–H groups in total. The third-order valence-electron chi connectivity index (χ3n) is 2.61. The van der Waals surface area contributed by atoms with Gasteiger partial charge in [0.05, 0.1) is 6.61 Å². The molecule has 0 radical (unpaired) electrons. The van der Waals surface area contributed by atoms with Crippen LogP contribution in [0.15, 0.2) is 0 Å². The number of hydrogen-bond donors (Lipinski definition) is 4. The Kier molecular flexibility index (Phi) is 5.81. The highest BCUT2D eigenvalue weighted by Gasteiger charge is 2.17. The molecule has 0 spiro atoms. The molecule has 92 valence electrons. The van der Waals surface area contributed by atoms with E-state index >= 15 is 0 Å². The lowest BCUT2D eigenvalue weighted by molar-refractivity contribution is -0.139. The molecule has 0 bridgehead atoms. The Hall–Kier alpha value is -1.14. The first-order valence-electron chi connectivity index (χ1n) is 5.61. The zero-order valence-corrected chi connectivity index (χ0v) is 9.29. The third kappa shape index (κ3) is 4.59. The van der Waals surface area contributed by atoms with Crippen LogP contribution in [0.2, 0.25) is 0 Å². The maximum absolute atomic E-state index is 11.3. The molecule has 1 aliphatic rings. The van der Waals surface area contributed by atoms with Crippen LogP contribution in [0.1, 0.15) is 12.8 Å². The Morgan fingerprint density at radius 3 is 2.44 bits per heavy atom. The molecular formula is C10H19N3O3. The molecule has 1 aliphatic heterocycles. The molecule has 1 fully saturated rings. The van der Waals surface area contributed by atoms with Gasteiger partial charge in [0.2, 0.25) is 0 Å². The van der Waals surface area contributed by atoms with E-state index in [9.17, 15) is 9.59 Å². The van der Waals surface area contributed by atoms with Gasteiger partial charge in [-0.25, -0.2) is 0 Å². The first-order chi connectivity index (χ1) is 7.74. The van der Waals surface area contributed by atoms with Crippen molar-refractivity contribution in [1.82, 2.24) is 16.0 Å². The van der Waals surface area contributed by atoms with E-state index in [0.717, 1.165) is 25.9 Å². The SMILES string of the molecule is O=C(NCCO)C(=O)NCC1CCNCC1. The zero-order chi connectivity index (χ0) is 11.8. The van der Waals surface area contributed by atoms with E-state index in [4.69, 9.17) is 5.11 Å². The number of carbonyl (C=O) groups is 2. The van der Waals surface area contributed by atoms with E-state index in [2.05, 4.69) is 16.0 Å². The largest absolute Gasteiger partial charge is 0.395 e. The van der Waals surface area contributed by atoms with Gasteiger partial charge in [0.1, 0.15) is 0 Å². The number of aliphatic hydroxyl groups excluding tert-OH is 1. The maximum atomic E-state index is 11.3. The highest BCUT2D eigenvalue weighted by molar-refractivity contribution is 6.35. The Labute approximate surface area is 94.8 Å². The van der Waals surface area contributed by atoms with Crippen molar-refractivity contribution in [3.05, 3.63) is 0 Å². The fraction of sp³-hybridized carbons (Fsp3) is 0.800. The fourth-order valence-electron chi connectivity index (χ4n) is 1.65. The van der Waals surface area contributed by atoms with Gasteiger partial charge in [-0.1, -0.05) is 0 Å². The van der Waals surface area contributed by atoms with Crippen LogP contribution in [-0.2, 0) is 9.59 Å². The van der Waals surface area contributed by atoms with E-state index in [1.54, 1.807) is 0 Å². The van der Waals surface area contributed by atoms with Gasteiger partial charge in [0.15, 0.2) is 0 Å². The van der Waals surface area contributed by atoms with Crippen molar-refractivity contribution >= 4 is 11.8 Å². The van der Waals surface area contributed by atoms with Crippen LogP contribution in [0.5, 0.6) is 0 Å². The van der Waals surface area contributed by atoms with Gasteiger partial charge >= 0.3 is 11.8 Å². The quantitative estimate of drug-likeness (QED) is 0.429. The standard InChI is InChI=1S/C10H19N3O3/c14-6-5-12-9(15)10(16)13-7-8-1-3-11-4-2-8/h8,11,14H,1-7H2,(H,12,15)(H,13,16). The van der Waals surface area contributed by atoms with Crippen LogP contribution in [-0.4, -0.2) is 49.7 Å². The lowest BCUT2D eigenvalue weighted by Crippen LogP contribution is -2.43. The average molecular weight is 229 g/mol. The van der Waals surface area contributed by atoms with Crippen LogP contribution in [0.4, 0.5) is 0 Å². The van der Waals surface area contributed by atoms with Crippen molar-refractivity contribution < 1.29 is 14.7 Å². The van der Waals surface area contributed by atoms with Crippen molar-refractivity contribution in [1.29, 1.82) is 0 Å². The molecule has 0 saturated carbocycles. The van der Waals surface area contributed by atoms with Crippen molar-refractivity contribution in [2.75, 3.05) is 32.8 Å². The summed E-state index contributed by atoms with van der Waals surface area (Å²) in [6.07, 6.45) is 2.05. The van der Waals surface area contributed by atoms with E-state index in [0.29, 0.717) is 12.5 Å². The molecular weight excluding hydrogens is 210 g/mol. The van der Waals surface area contributed by atoms with Gasteiger partial charge in [0.25, 0.3) is 0 Å². The molecule has 1 saturated heterocycles. The molecule has 1 heterocycles. The summed E-state index contributed by atoms with van der Waals surface area (Å²) in [6, 6.07) is 0. The minimum atomic E-state index is -0.678. The molecule has 0 aliphatic carbocycles. The average Bonchev–Trinajstić information content (AvgIpc) is 2.34. The highest BCUT2D eigenvalue weighted by Crippen LogP contribution is 2.09. The number of amides is 2. The van der Waals surface area contributed by atoms with Crippen molar-refractivity contribution in [3.63, 3.8) is 0 Å². The molecule has 0 aromatic carbocycles. The van der Waals surface area contributed by atoms with Gasteiger partial charge in [-0.2, -0.15) is 0 Å².